The van der Waals surface area contributed by atoms with Gasteiger partial charge in [0.2, 0.25) is 0 Å². The Balaban J connectivity index is 1.51. The van der Waals surface area contributed by atoms with Crippen LogP contribution in [0.25, 0.3) is 0 Å². The molecule has 172 valence electrons. The van der Waals surface area contributed by atoms with Crippen LogP contribution >= 0.6 is 11.8 Å². The van der Waals surface area contributed by atoms with Crippen molar-refractivity contribution >= 4 is 17.5 Å². The van der Waals surface area contributed by atoms with Crippen LogP contribution in [0.5, 0.6) is 0 Å². The number of benzene rings is 4. The maximum absolute atomic E-state index is 13.7. The summed E-state index contributed by atoms with van der Waals surface area (Å²) in [5.74, 6) is 1.06. The van der Waals surface area contributed by atoms with E-state index in [1.807, 2.05) is 44.2 Å². The fraction of sp³-hybridized carbons (Fsp3) is 0.194. The molecule has 0 amide bonds. The Morgan fingerprint density at radius 2 is 1.09 bits per heavy atom. The van der Waals surface area contributed by atoms with Crippen molar-refractivity contribution in [3.05, 3.63) is 138 Å². The first-order chi connectivity index (χ1) is 16.5. The van der Waals surface area contributed by atoms with Gasteiger partial charge in [0.25, 0.3) is 0 Å². The smallest absolute Gasteiger partial charge is 0.182 e. The SMILES string of the molecule is CC(C)(C(=O)c1ccc(SCc2ccccc2)cc1)N(Cc1ccccc1)Cc1ccccc1. The summed E-state index contributed by atoms with van der Waals surface area (Å²) in [5, 5.41) is 0. The number of thioether (sulfide) groups is 1. The number of carbonyl (C=O) groups is 1. The molecule has 0 saturated heterocycles. The van der Waals surface area contributed by atoms with Crippen molar-refractivity contribution in [2.24, 2.45) is 0 Å². The van der Waals surface area contributed by atoms with Crippen molar-refractivity contribution in [3.8, 4) is 0 Å². The van der Waals surface area contributed by atoms with Crippen LogP contribution in [0.15, 0.2) is 120 Å². The van der Waals surface area contributed by atoms with Crippen molar-refractivity contribution < 1.29 is 4.79 Å². The van der Waals surface area contributed by atoms with Crippen molar-refractivity contribution in [2.75, 3.05) is 0 Å². The minimum Gasteiger partial charge on any atom is -0.292 e. The summed E-state index contributed by atoms with van der Waals surface area (Å²) >= 11 is 1.79. The fourth-order valence-corrected chi connectivity index (χ4v) is 4.85. The van der Waals surface area contributed by atoms with Gasteiger partial charge in [0.15, 0.2) is 5.78 Å². The molecule has 0 atom stereocenters. The van der Waals surface area contributed by atoms with Gasteiger partial charge in [-0.05, 0) is 42.7 Å². The number of carbonyl (C=O) groups excluding carboxylic acids is 1. The molecule has 0 bridgehead atoms. The molecule has 0 aliphatic carbocycles. The normalized spacial score (nSPS) is 11.5. The predicted molar refractivity (Wildman–Crippen MR) is 143 cm³/mol. The Bertz CT molecular complexity index is 1130. The summed E-state index contributed by atoms with van der Waals surface area (Å²) in [6.45, 7) is 5.50. The molecular formula is C31H31NOS. The molecule has 4 aromatic carbocycles. The minimum atomic E-state index is -0.662. The monoisotopic (exact) mass is 465 g/mol. The van der Waals surface area contributed by atoms with E-state index in [4.69, 9.17) is 0 Å². The standard InChI is InChI=1S/C31H31NOS/c1-31(2,32(22-25-12-6-3-7-13-25)23-26-14-8-4-9-15-26)30(33)28-18-20-29(21-19-28)34-24-27-16-10-5-11-17-27/h3-21H,22-24H2,1-2H3. The highest BCUT2D eigenvalue weighted by molar-refractivity contribution is 7.98. The quantitative estimate of drug-likeness (QED) is 0.177. The number of rotatable bonds is 10. The van der Waals surface area contributed by atoms with Crippen molar-refractivity contribution in [1.29, 1.82) is 0 Å². The molecule has 0 aliphatic heterocycles. The number of nitrogens with zero attached hydrogens (tertiary/aromatic N) is 1. The van der Waals surface area contributed by atoms with Gasteiger partial charge in [0, 0.05) is 29.3 Å². The summed E-state index contributed by atoms with van der Waals surface area (Å²) in [6.07, 6.45) is 0. The average molecular weight is 466 g/mol. The highest BCUT2D eigenvalue weighted by Gasteiger charge is 2.35. The van der Waals surface area contributed by atoms with Gasteiger partial charge < -0.3 is 0 Å². The molecule has 3 heteroatoms. The second-order valence-electron chi connectivity index (χ2n) is 9.01. The Labute approximate surface area is 207 Å². The van der Waals surface area contributed by atoms with Crippen molar-refractivity contribution in [3.63, 3.8) is 0 Å². The molecular weight excluding hydrogens is 434 g/mol. The van der Waals surface area contributed by atoms with E-state index >= 15 is 0 Å². The van der Waals surface area contributed by atoms with Gasteiger partial charge in [-0.1, -0.05) is 103 Å². The molecule has 34 heavy (non-hydrogen) atoms. The van der Waals surface area contributed by atoms with Gasteiger partial charge in [0.1, 0.15) is 0 Å². The van der Waals surface area contributed by atoms with Crippen molar-refractivity contribution in [2.45, 2.75) is 43.1 Å². The minimum absolute atomic E-state index is 0.138. The van der Waals surface area contributed by atoms with Gasteiger partial charge in [-0.15, -0.1) is 11.8 Å². The molecule has 0 heterocycles. The Morgan fingerprint density at radius 3 is 1.56 bits per heavy atom. The number of hydrogen-bond acceptors (Lipinski definition) is 3. The average Bonchev–Trinajstić information content (AvgIpc) is 2.89. The van der Waals surface area contributed by atoms with E-state index in [-0.39, 0.29) is 5.78 Å². The van der Waals surface area contributed by atoms with Gasteiger partial charge in [0.05, 0.1) is 5.54 Å². The molecule has 0 N–H and O–H groups in total. The molecule has 4 aromatic rings. The number of hydrogen-bond donors (Lipinski definition) is 0. The highest BCUT2D eigenvalue weighted by atomic mass is 32.2. The fourth-order valence-electron chi connectivity index (χ4n) is 4.00. The third-order valence-electron chi connectivity index (χ3n) is 6.14. The summed E-state index contributed by atoms with van der Waals surface area (Å²) in [6, 6.07) is 39.3. The van der Waals surface area contributed by atoms with E-state index in [1.54, 1.807) is 11.8 Å². The second kappa shape index (κ2) is 11.3. The first-order valence-corrected chi connectivity index (χ1v) is 12.7. The van der Waals surface area contributed by atoms with Gasteiger partial charge >= 0.3 is 0 Å². The Hall–Kier alpha value is -3.14. The third-order valence-corrected chi connectivity index (χ3v) is 7.23. The van der Waals surface area contributed by atoms with Crippen LogP contribution in [0.4, 0.5) is 0 Å². The topological polar surface area (TPSA) is 20.3 Å². The predicted octanol–water partition coefficient (Wildman–Crippen LogP) is 7.64. The molecule has 0 unspecified atom stereocenters. The van der Waals surface area contributed by atoms with Crippen LogP contribution in [-0.2, 0) is 18.8 Å². The Kier molecular flexibility index (Phi) is 7.99. The first kappa shape index (κ1) is 24.0. The zero-order chi connectivity index (χ0) is 23.8. The van der Waals surface area contributed by atoms with Gasteiger partial charge in [-0.25, -0.2) is 0 Å². The van der Waals surface area contributed by atoms with Crippen LogP contribution in [0.2, 0.25) is 0 Å². The zero-order valence-electron chi connectivity index (χ0n) is 19.9. The molecule has 0 radical (unpaired) electrons. The maximum Gasteiger partial charge on any atom is 0.182 e. The van der Waals surface area contributed by atoms with E-state index in [1.165, 1.54) is 21.6 Å². The molecule has 0 aliphatic rings. The van der Waals surface area contributed by atoms with E-state index in [9.17, 15) is 4.79 Å². The lowest BCUT2D eigenvalue weighted by molar-refractivity contribution is 0.0589. The van der Waals surface area contributed by atoms with Crippen LogP contribution < -0.4 is 0 Å². The lowest BCUT2D eigenvalue weighted by Crippen LogP contribution is -2.49. The van der Waals surface area contributed by atoms with Gasteiger partial charge in [-0.2, -0.15) is 0 Å². The van der Waals surface area contributed by atoms with Crippen LogP contribution in [0, 0.1) is 0 Å². The Morgan fingerprint density at radius 1 is 0.647 bits per heavy atom. The summed E-state index contributed by atoms with van der Waals surface area (Å²) in [7, 11) is 0. The largest absolute Gasteiger partial charge is 0.292 e. The summed E-state index contributed by atoms with van der Waals surface area (Å²) < 4.78 is 0. The van der Waals surface area contributed by atoms with Crippen LogP contribution in [0.1, 0.15) is 40.9 Å². The molecule has 0 fully saturated rings. The lowest BCUT2D eigenvalue weighted by Gasteiger charge is -2.37. The highest BCUT2D eigenvalue weighted by Crippen LogP contribution is 2.28. The molecule has 0 aromatic heterocycles. The summed E-state index contributed by atoms with van der Waals surface area (Å²) in [5.41, 5.74) is 3.79. The van der Waals surface area contributed by atoms with Crippen LogP contribution in [-0.4, -0.2) is 16.2 Å². The molecule has 4 rings (SSSR count). The number of ketones is 1. The zero-order valence-corrected chi connectivity index (χ0v) is 20.7. The second-order valence-corrected chi connectivity index (χ2v) is 10.1. The lowest BCUT2D eigenvalue weighted by atomic mass is 9.90. The van der Waals surface area contributed by atoms with Crippen LogP contribution in [0.3, 0.4) is 0 Å². The van der Waals surface area contributed by atoms with E-state index in [0.717, 1.165) is 11.3 Å². The first-order valence-electron chi connectivity index (χ1n) is 11.7. The van der Waals surface area contributed by atoms with Crippen molar-refractivity contribution in [1.82, 2.24) is 4.90 Å². The maximum atomic E-state index is 13.7. The van der Waals surface area contributed by atoms with Gasteiger partial charge in [-0.3, -0.25) is 9.69 Å². The number of Topliss-reactive ketones (excluding diaryl/α,β-unsaturated/α-hetero) is 1. The van der Waals surface area contributed by atoms with E-state index in [0.29, 0.717) is 13.1 Å². The molecule has 0 spiro atoms. The van der Waals surface area contributed by atoms with E-state index < -0.39 is 5.54 Å². The third kappa shape index (κ3) is 6.25. The molecule has 0 saturated carbocycles. The summed E-state index contributed by atoms with van der Waals surface area (Å²) in [4.78, 5) is 17.2. The molecule has 2 nitrogen and oxygen atoms in total. The van der Waals surface area contributed by atoms with E-state index in [2.05, 4.69) is 89.8 Å².